The number of nitrogens with zero attached hydrogens (tertiary/aromatic N) is 1. The summed E-state index contributed by atoms with van der Waals surface area (Å²) >= 11 is 12.2. The van der Waals surface area contributed by atoms with E-state index in [2.05, 4.69) is 4.98 Å². The maximum atomic E-state index is 6.18. The van der Waals surface area contributed by atoms with Crippen LogP contribution in [0.15, 0.2) is 48.7 Å². The minimum atomic E-state index is 0.367. The van der Waals surface area contributed by atoms with Crippen molar-refractivity contribution in [3.05, 3.63) is 64.3 Å². The average Bonchev–Trinajstić information content (AvgIpc) is 2.51. The number of pyridine rings is 1. The maximum absolute atomic E-state index is 6.18. The van der Waals surface area contributed by atoms with Crippen LogP contribution < -0.4 is 10.5 Å². The fourth-order valence-corrected chi connectivity index (χ4v) is 2.48. The van der Waals surface area contributed by atoms with Gasteiger partial charge in [-0.1, -0.05) is 29.3 Å². The standard InChI is InChI=1S/C16H12Cl2N2O/c17-11-4-3-10(9-19)15(8-11)21-14-6-5-13(18)12-2-1-7-20-16(12)14/h1-8H,9,19H2. The Kier molecular flexibility index (Phi) is 3.97. The zero-order valence-electron chi connectivity index (χ0n) is 11.0. The highest BCUT2D eigenvalue weighted by Gasteiger charge is 2.10. The second-order valence-electron chi connectivity index (χ2n) is 4.50. The number of ether oxygens (including phenoxy) is 1. The molecule has 3 aromatic rings. The van der Waals surface area contributed by atoms with Crippen LogP contribution in [0.1, 0.15) is 5.56 Å². The first-order valence-corrected chi connectivity index (χ1v) is 7.14. The Morgan fingerprint density at radius 2 is 1.90 bits per heavy atom. The first-order valence-electron chi connectivity index (χ1n) is 6.38. The molecule has 0 amide bonds. The molecule has 3 rings (SSSR count). The Hall–Kier alpha value is -1.81. The van der Waals surface area contributed by atoms with Gasteiger partial charge in [0.2, 0.25) is 0 Å². The summed E-state index contributed by atoms with van der Waals surface area (Å²) in [6.07, 6.45) is 1.70. The molecular weight excluding hydrogens is 307 g/mol. The van der Waals surface area contributed by atoms with Gasteiger partial charge in [0.1, 0.15) is 11.3 Å². The van der Waals surface area contributed by atoms with Gasteiger partial charge in [-0.05, 0) is 36.4 Å². The first-order chi connectivity index (χ1) is 10.2. The predicted octanol–water partition coefficient (Wildman–Crippen LogP) is 4.79. The van der Waals surface area contributed by atoms with E-state index in [0.29, 0.717) is 33.6 Å². The van der Waals surface area contributed by atoms with Crippen LogP contribution in [0.25, 0.3) is 10.9 Å². The lowest BCUT2D eigenvalue weighted by Crippen LogP contribution is -1.99. The number of halogens is 2. The van der Waals surface area contributed by atoms with Crippen molar-refractivity contribution >= 4 is 34.1 Å². The number of hydrogen-bond donors (Lipinski definition) is 1. The lowest BCUT2D eigenvalue weighted by molar-refractivity contribution is 0.481. The summed E-state index contributed by atoms with van der Waals surface area (Å²) in [5, 5.41) is 2.07. The van der Waals surface area contributed by atoms with Gasteiger partial charge in [0.25, 0.3) is 0 Å². The van der Waals surface area contributed by atoms with Gasteiger partial charge in [0.15, 0.2) is 5.75 Å². The van der Waals surface area contributed by atoms with Gasteiger partial charge in [-0.3, -0.25) is 4.98 Å². The molecule has 2 aromatic carbocycles. The Morgan fingerprint density at radius 3 is 2.71 bits per heavy atom. The van der Waals surface area contributed by atoms with Crippen LogP contribution in [0.5, 0.6) is 11.5 Å². The van der Waals surface area contributed by atoms with Gasteiger partial charge in [-0.2, -0.15) is 0 Å². The second-order valence-corrected chi connectivity index (χ2v) is 5.35. The number of benzene rings is 2. The van der Waals surface area contributed by atoms with E-state index in [9.17, 15) is 0 Å². The summed E-state index contributed by atoms with van der Waals surface area (Å²) in [6.45, 7) is 0.367. The van der Waals surface area contributed by atoms with E-state index >= 15 is 0 Å². The van der Waals surface area contributed by atoms with Crippen molar-refractivity contribution in [1.82, 2.24) is 4.98 Å². The Labute approximate surface area is 132 Å². The van der Waals surface area contributed by atoms with Crippen molar-refractivity contribution in [1.29, 1.82) is 0 Å². The van der Waals surface area contributed by atoms with E-state index in [1.54, 1.807) is 30.5 Å². The number of rotatable bonds is 3. The molecule has 0 aliphatic carbocycles. The SMILES string of the molecule is NCc1ccc(Cl)cc1Oc1ccc(Cl)c2cccnc12. The molecule has 1 heterocycles. The van der Waals surface area contributed by atoms with E-state index in [1.165, 1.54) is 0 Å². The highest BCUT2D eigenvalue weighted by atomic mass is 35.5. The van der Waals surface area contributed by atoms with Crippen molar-refractivity contribution in [2.45, 2.75) is 6.54 Å². The van der Waals surface area contributed by atoms with Crippen LogP contribution in [-0.4, -0.2) is 4.98 Å². The number of fused-ring (bicyclic) bond motifs is 1. The molecular formula is C16H12Cl2N2O. The largest absolute Gasteiger partial charge is 0.455 e. The minimum absolute atomic E-state index is 0.367. The van der Waals surface area contributed by atoms with Crippen LogP contribution in [0, 0.1) is 0 Å². The Morgan fingerprint density at radius 1 is 1.05 bits per heavy atom. The van der Waals surface area contributed by atoms with Gasteiger partial charge >= 0.3 is 0 Å². The van der Waals surface area contributed by atoms with Crippen molar-refractivity contribution < 1.29 is 4.74 Å². The van der Waals surface area contributed by atoms with Crippen molar-refractivity contribution in [2.24, 2.45) is 5.73 Å². The summed E-state index contributed by atoms with van der Waals surface area (Å²) in [4.78, 5) is 4.34. The fraction of sp³-hybridized carbons (Fsp3) is 0.0625. The first kappa shape index (κ1) is 14.1. The van der Waals surface area contributed by atoms with Gasteiger partial charge in [0.05, 0.1) is 5.02 Å². The van der Waals surface area contributed by atoms with Gasteiger partial charge in [0, 0.05) is 28.7 Å². The van der Waals surface area contributed by atoms with Crippen LogP contribution >= 0.6 is 23.2 Å². The quantitative estimate of drug-likeness (QED) is 0.755. The van der Waals surface area contributed by atoms with Crippen molar-refractivity contribution in [3.63, 3.8) is 0 Å². The predicted molar refractivity (Wildman–Crippen MR) is 86.2 cm³/mol. The Balaban J connectivity index is 2.11. The zero-order chi connectivity index (χ0) is 14.8. The lowest BCUT2D eigenvalue weighted by atomic mass is 10.2. The third kappa shape index (κ3) is 2.81. The highest BCUT2D eigenvalue weighted by molar-refractivity contribution is 6.35. The monoisotopic (exact) mass is 318 g/mol. The average molecular weight is 319 g/mol. The van der Waals surface area contributed by atoms with E-state index in [1.807, 2.05) is 18.2 Å². The van der Waals surface area contributed by atoms with E-state index in [-0.39, 0.29) is 0 Å². The van der Waals surface area contributed by atoms with Crippen LogP contribution in [0.4, 0.5) is 0 Å². The van der Waals surface area contributed by atoms with E-state index < -0.39 is 0 Å². The van der Waals surface area contributed by atoms with Gasteiger partial charge in [-0.15, -0.1) is 0 Å². The number of aromatic nitrogens is 1. The van der Waals surface area contributed by atoms with Crippen molar-refractivity contribution in [2.75, 3.05) is 0 Å². The number of nitrogens with two attached hydrogens (primary N) is 1. The summed E-state index contributed by atoms with van der Waals surface area (Å²) < 4.78 is 5.96. The molecule has 0 bridgehead atoms. The summed E-state index contributed by atoms with van der Waals surface area (Å²) in [5.74, 6) is 1.24. The normalized spacial score (nSPS) is 10.8. The lowest BCUT2D eigenvalue weighted by Gasteiger charge is -2.12. The molecule has 2 N–H and O–H groups in total. The van der Waals surface area contributed by atoms with Crippen LogP contribution in [-0.2, 0) is 6.54 Å². The highest BCUT2D eigenvalue weighted by Crippen LogP contribution is 2.34. The molecule has 0 fully saturated rings. The fourth-order valence-electron chi connectivity index (χ4n) is 2.10. The molecule has 5 heteroatoms. The van der Waals surface area contributed by atoms with Crippen molar-refractivity contribution in [3.8, 4) is 11.5 Å². The molecule has 0 atom stereocenters. The Bertz CT molecular complexity index is 805. The summed E-state index contributed by atoms with van der Waals surface area (Å²) in [5.41, 5.74) is 7.31. The maximum Gasteiger partial charge on any atom is 0.153 e. The van der Waals surface area contributed by atoms with Gasteiger partial charge in [-0.25, -0.2) is 0 Å². The van der Waals surface area contributed by atoms with E-state index in [0.717, 1.165) is 10.9 Å². The molecule has 21 heavy (non-hydrogen) atoms. The summed E-state index contributed by atoms with van der Waals surface area (Å²) in [7, 11) is 0. The molecule has 106 valence electrons. The van der Waals surface area contributed by atoms with Gasteiger partial charge < -0.3 is 10.5 Å². The third-order valence-corrected chi connectivity index (χ3v) is 3.71. The smallest absolute Gasteiger partial charge is 0.153 e. The molecule has 3 nitrogen and oxygen atoms in total. The molecule has 0 unspecified atom stereocenters. The second kappa shape index (κ2) is 5.90. The summed E-state index contributed by atoms with van der Waals surface area (Å²) in [6, 6.07) is 12.7. The molecule has 1 aromatic heterocycles. The number of hydrogen-bond acceptors (Lipinski definition) is 3. The molecule has 0 radical (unpaired) electrons. The third-order valence-electron chi connectivity index (χ3n) is 3.15. The topological polar surface area (TPSA) is 48.1 Å². The molecule has 0 spiro atoms. The minimum Gasteiger partial charge on any atom is -0.455 e. The van der Waals surface area contributed by atoms with E-state index in [4.69, 9.17) is 33.7 Å². The molecule has 0 saturated heterocycles. The van der Waals surface area contributed by atoms with Crippen LogP contribution in [0.3, 0.4) is 0 Å². The zero-order valence-corrected chi connectivity index (χ0v) is 12.5. The molecule has 0 aliphatic rings. The molecule has 0 aliphatic heterocycles. The van der Waals surface area contributed by atoms with Crippen LogP contribution in [0.2, 0.25) is 10.0 Å². The molecule has 0 saturated carbocycles.